The van der Waals surface area contributed by atoms with Crippen molar-refractivity contribution >= 4 is 17.1 Å². The van der Waals surface area contributed by atoms with Gasteiger partial charge < -0.3 is 10.4 Å². The van der Waals surface area contributed by atoms with Crippen LogP contribution >= 0.6 is 0 Å². The van der Waals surface area contributed by atoms with Gasteiger partial charge in [-0.15, -0.1) is 5.10 Å². The second-order valence-electron chi connectivity index (χ2n) is 5.83. The van der Waals surface area contributed by atoms with Crippen LogP contribution in [0.2, 0.25) is 0 Å². The molecule has 0 unspecified atom stereocenters. The van der Waals surface area contributed by atoms with Crippen LogP contribution in [-0.4, -0.2) is 35.5 Å². The quantitative estimate of drug-likeness (QED) is 0.669. The minimum absolute atomic E-state index is 0.471. The number of hydrogen-bond donors (Lipinski definition) is 3. The molecule has 1 aliphatic rings. The summed E-state index contributed by atoms with van der Waals surface area (Å²) in [5.41, 5.74) is 1.96. The van der Waals surface area contributed by atoms with E-state index in [1.54, 1.807) is 6.20 Å². The lowest BCUT2D eigenvalue weighted by Crippen LogP contribution is -2.23. The van der Waals surface area contributed by atoms with Crippen LogP contribution in [-0.2, 0) is 12.1 Å². The van der Waals surface area contributed by atoms with Gasteiger partial charge in [0.25, 0.3) is 0 Å². The lowest BCUT2D eigenvalue weighted by molar-refractivity contribution is 0.0398. The molecule has 0 spiro atoms. The third kappa shape index (κ3) is 2.72. The highest BCUT2D eigenvalue weighted by Gasteiger charge is 2.34. The van der Waals surface area contributed by atoms with Crippen molar-refractivity contribution in [1.29, 1.82) is 0 Å². The minimum Gasteiger partial charge on any atom is -0.384 e. The van der Waals surface area contributed by atoms with E-state index in [0.717, 1.165) is 37.1 Å². The molecule has 8 heteroatoms. The van der Waals surface area contributed by atoms with Gasteiger partial charge in [-0.2, -0.15) is 15.3 Å². The number of fused-ring (bicyclic) bond motifs is 1. The molecule has 0 aromatic carbocycles. The Balaban J connectivity index is 1.50. The maximum atomic E-state index is 10.6. The van der Waals surface area contributed by atoms with Crippen LogP contribution in [0.5, 0.6) is 0 Å². The highest BCUT2D eigenvalue weighted by molar-refractivity contribution is 5.68. The first-order valence-corrected chi connectivity index (χ1v) is 7.69. The van der Waals surface area contributed by atoms with Gasteiger partial charge in [-0.1, -0.05) is 18.9 Å². The Bertz CT molecular complexity index is 825. The highest BCUT2D eigenvalue weighted by Crippen LogP contribution is 2.37. The number of pyridine rings is 1. The molecule has 0 atom stereocenters. The van der Waals surface area contributed by atoms with Crippen molar-refractivity contribution < 1.29 is 5.11 Å². The van der Waals surface area contributed by atoms with Crippen molar-refractivity contribution in [3.8, 4) is 0 Å². The molecule has 3 heterocycles. The molecule has 23 heavy (non-hydrogen) atoms. The molecule has 1 saturated carbocycles. The van der Waals surface area contributed by atoms with Crippen molar-refractivity contribution in [2.75, 3.05) is 5.32 Å². The SMILES string of the molecule is OC1(c2cccc(CNc3ncc4n[nH]nc4n3)n2)CCCC1. The zero-order valence-corrected chi connectivity index (χ0v) is 12.5. The van der Waals surface area contributed by atoms with Crippen LogP contribution in [0, 0.1) is 0 Å². The number of nitrogens with one attached hydrogen (secondary N) is 2. The summed E-state index contributed by atoms with van der Waals surface area (Å²) in [7, 11) is 0. The van der Waals surface area contributed by atoms with Gasteiger partial charge in [0.05, 0.1) is 24.1 Å². The van der Waals surface area contributed by atoms with Gasteiger partial charge in [0.1, 0.15) is 11.1 Å². The van der Waals surface area contributed by atoms with Crippen molar-refractivity contribution in [1.82, 2.24) is 30.4 Å². The summed E-state index contributed by atoms with van der Waals surface area (Å²) in [6.07, 6.45) is 5.27. The van der Waals surface area contributed by atoms with Crippen molar-refractivity contribution in [2.24, 2.45) is 0 Å². The number of aromatic amines is 1. The van der Waals surface area contributed by atoms with Crippen LogP contribution in [0.25, 0.3) is 11.2 Å². The Morgan fingerprint density at radius 1 is 1.17 bits per heavy atom. The minimum atomic E-state index is -0.772. The molecule has 0 saturated heterocycles. The zero-order valence-electron chi connectivity index (χ0n) is 12.5. The second-order valence-corrected chi connectivity index (χ2v) is 5.83. The molecule has 0 amide bonds. The highest BCUT2D eigenvalue weighted by atomic mass is 16.3. The van der Waals surface area contributed by atoms with E-state index < -0.39 is 5.60 Å². The number of aliphatic hydroxyl groups is 1. The Labute approximate surface area is 132 Å². The van der Waals surface area contributed by atoms with E-state index in [1.165, 1.54) is 0 Å². The summed E-state index contributed by atoms with van der Waals surface area (Å²) in [6, 6.07) is 5.74. The number of nitrogens with zero attached hydrogens (tertiary/aromatic N) is 5. The smallest absolute Gasteiger partial charge is 0.225 e. The summed E-state index contributed by atoms with van der Waals surface area (Å²) < 4.78 is 0. The Hall–Kier alpha value is -2.61. The molecule has 0 bridgehead atoms. The van der Waals surface area contributed by atoms with E-state index in [4.69, 9.17) is 0 Å². The predicted molar refractivity (Wildman–Crippen MR) is 83.4 cm³/mol. The molecule has 1 fully saturated rings. The van der Waals surface area contributed by atoms with Gasteiger partial charge in [0.2, 0.25) is 11.6 Å². The van der Waals surface area contributed by atoms with Gasteiger partial charge in [0.15, 0.2) is 0 Å². The van der Waals surface area contributed by atoms with Gasteiger partial charge >= 0.3 is 0 Å². The maximum absolute atomic E-state index is 10.6. The predicted octanol–water partition coefficient (Wildman–Crippen LogP) is 1.52. The fourth-order valence-electron chi connectivity index (χ4n) is 2.96. The number of rotatable bonds is 4. The first kappa shape index (κ1) is 14.0. The summed E-state index contributed by atoms with van der Waals surface area (Å²) in [4.78, 5) is 13.0. The molecule has 3 N–H and O–H groups in total. The van der Waals surface area contributed by atoms with E-state index in [0.29, 0.717) is 23.7 Å². The van der Waals surface area contributed by atoms with Crippen LogP contribution in [0.4, 0.5) is 5.95 Å². The van der Waals surface area contributed by atoms with E-state index in [1.807, 2.05) is 18.2 Å². The van der Waals surface area contributed by atoms with Gasteiger partial charge in [0, 0.05) is 0 Å². The van der Waals surface area contributed by atoms with E-state index >= 15 is 0 Å². The average Bonchev–Trinajstić information content (AvgIpc) is 3.22. The number of hydrogen-bond acceptors (Lipinski definition) is 7. The molecule has 8 nitrogen and oxygen atoms in total. The van der Waals surface area contributed by atoms with Crippen LogP contribution < -0.4 is 5.32 Å². The molecule has 3 aromatic heterocycles. The van der Waals surface area contributed by atoms with E-state index in [-0.39, 0.29) is 0 Å². The Morgan fingerprint density at radius 3 is 2.91 bits per heavy atom. The Kier molecular flexibility index (Phi) is 3.38. The fraction of sp³-hybridized carbons (Fsp3) is 0.400. The Morgan fingerprint density at radius 2 is 2.04 bits per heavy atom. The van der Waals surface area contributed by atoms with Gasteiger partial charge in [-0.25, -0.2) is 4.98 Å². The lowest BCUT2D eigenvalue weighted by atomic mass is 9.97. The number of aromatic nitrogens is 6. The first-order chi connectivity index (χ1) is 11.2. The summed E-state index contributed by atoms with van der Waals surface area (Å²) in [5.74, 6) is 0.471. The van der Waals surface area contributed by atoms with Crippen LogP contribution in [0.1, 0.15) is 37.1 Å². The van der Waals surface area contributed by atoms with Crippen LogP contribution in [0.15, 0.2) is 24.4 Å². The largest absolute Gasteiger partial charge is 0.384 e. The van der Waals surface area contributed by atoms with Crippen molar-refractivity contribution in [2.45, 2.75) is 37.8 Å². The molecule has 0 radical (unpaired) electrons. The number of anilines is 1. The van der Waals surface area contributed by atoms with Crippen LogP contribution in [0.3, 0.4) is 0 Å². The molecule has 1 aliphatic carbocycles. The maximum Gasteiger partial charge on any atom is 0.225 e. The van der Waals surface area contributed by atoms with Gasteiger partial charge in [-0.05, 0) is 25.0 Å². The summed E-state index contributed by atoms with van der Waals surface area (Å²) in [6.45, 7) is 0.479. The average molecular weight is 311 g/mol. The lowest BCUT2D eigenvalue weighted by Gasteiger charge is -2.21. The fourth-order valence-corrected chi connectivity index (χ4v) is 2.96. The molecule has 0 aliphatic heterocycles. The number of H-pyrrole nitrogens is 1. The van der Waals surface area contributed by atoms with E-state index in [2.05, 4.69) is 35.7 Å². The van der Waals surface area contributed by atoms with Crippen molar-refractivity contribution in [3.63, 3.8) is 0 Å². The van der Waals surface area contributed by atoms with Gasteiger partial charge in [-0.3, -0.25) is 4.98 Å². The molecule has 3 aromatic rings. The first-order valence-electron chi connectivity index (χ1n) is 7.69. The molecule has 118 valence electrons. The monoisotopic (exact) mass is 311 g/mol. The van der Waals surface area contributed by atoms with E-state index in [9.17, 15) is 5.11 Å². The molecular formula is C15H17N7O. The molecule has 4 rings (SSSR count). The third-order valence-electron chi connectivity index (χ3n) is 4.22. The summed E-state index contributed by atoms with van der Waals surface area (Å²) >= 11 is 0. The second kappa shape index (κ2) is 5.54. The normalized spacial score (nSPS) is 16.7. The summed E-state index contributed by atoms with van der Waals surface area (Å²) in [5, 5.41) is 24.1. The third-order valence-corrected chi connectivity index (χ3v) is 4.22. The topological polar surface area (TPSA) is 112 Å². The zero-order chi connectivity index (χ0) is 15.7. The molecular weight excluding hydrogens is 294 g/mol. The van der Waals surface area contributed by atoms with Crippen molar-refractivity contribution in [3.05, 3.63) is 35.8 Å². The standard InChI is InChI=1S/C15H17N7O/c23-15(6-1-2-7-15)12-5-3-4-10(18-12)8-16-14-17-9-11-13(19-14)21-22-20-11/h3-5,9,23H,1-2,6-8H2,(H2,16,17,19,20,21,22).